The van der Waals surface area contributed by atoms with Gasteiger partial charge in [0.15, 0.2) is 11.6 Å². The highest BCUT2D eigenvalue weighted by Crippen LogP contribution is 2.33. The van der Waals surface area contributed by atoms with E-state index >= 15 is 0 Å². The van der Waals surface area contributed by atoms with E-state index in [1.807, 2.05) is 0 Å². The highest BCUT2D eigenvalue weighted by atomic mass is 35.5. The molecule has 0 radical (unpaired) electrons. The predicted octanol–water partition coefficient (Wildman–Crippen LogP) is 4.73. The molecule has 0 spiro atoms. The molecule has 0 aliphatic heterocycles. The minimum atomic E-state index is -0.743. The van der Waals surface area contributed by atoms with Crippen molar-refractivity contribution in [1.29, 1.82) is 0 Å². The Labute approximate surface area is 223 Å². The van der Waals surface area contributed by atoms with E-state index in [1.54, 1.807) is 30.3 Å². The van der Waals surface area contributed by atoms with Crippen molar-refractivity contribution in [2.24, 2.45) is 0 Å². The minimum Gasteiger partial charge on any atom is -0.452 e. The van der Waals surface area contributed by atoms with Crippen molar-refractivity contribution in [3.8, 4) is 5.95 Å². The fourth-order valence-corrected chi connectivity index (χ4v) is 4.99. The van der Waals surface area contributed by atoms with Crippen LogP contribution >= 0.6 is 22.9 Å². The third-order valence-corrected chi connectivity index (χ3v) is 6.81. The molecule has 4 heterocycles. The van der Waals surface area contributed by atoms with Crippen molar-refractivity contribution < 1.29 is 18.3 Å². The summed E-state index contributed by atoms with van der Waals surface area (Å²) in [5.41, 5.74) is 13.8. The molecule has 0 aliphatic rings. The van der Waals surface area contributed by atoms with Crippen LogP contribution in [0, 0.1) is 11.6 Å². The van der Waals surface area contributed by atoms with E-state index in [0.717, 1.165) is 11.1 Å². The van der Waals surface area contributed by atoms with Crippen molar-refractivity contribution in [1.82, 2.24) is 24.7 Å². The van der Waals surface area contributed by atoms with Crippen LogP contribution in [0.25, 0.3) is 17.0 Å². The Balaban J connectivity index is 1.60. The van der Waals surface area contributed by atoms with Crippen LogP contribution in [-0.2, 0) is 17.7 Å². The maximum atomic E-state index is 14.3. The monoisotopic (exact) mass is 556 g/mol. The summed E-state index contributed by atoms with van der Waals surface area (Å²) in [4.78, 5) is 27.3. The lowest BCUT2D eigenvalue weighted by molar-refractivity contribution is 0.178. The Morgan fingerprint density at radius 2 is 1.89 bits per heavy atom. The quantitative estimate of drug-likeness (QED) is 0.306. The lowest BCUT2D eigenvalue weighted by atomic mass is 10.1. The van der Waals surface area contributed by atoms with Crippen LogP contribution in [0.15, 0.2) is 48.7 Å². The van der Waals surface area contributed by atoms with Gasteiger partial charge in [-0.3, -0.25) is 4.90 Å². The second kappa shape index (κ2) is 10.2. The molecule has 0 unspecified atom stereocenters. The second-order valence-electron chi connectivity index (χ2n) is 8.05. The summed E-state index contributed by atoms with van der Waals surface area (Å²) >= 11 is 7.29. The number of rotatable bonds is 6. The van der Waals surface area contributed by atoms with Gasteiger partial charge < -0.3 is 16.2 Å². The number of nitrogen functional groups attached to an aromatic ring is 2. The molecular weight excluding hydrogens is 538 g/mol. The number of methoxy groups -OCH3 is 1. The fourth-order valence-electron chi connectivity index (χ4n) is 3.91. The molecular formula is C24H19ClF2N8O2S. The molecule has 5 rings (SSSR count). The molecule has 194 valence electrons. The topological polar surface area (TPSA) is 138 Å². The number of carbonyl (C=O) groups excluding carboxylic acids is 1. The molecule has 0 atom stereocenters. The second-order valence-corrected chi connectivity index (χ2v) is 9.85. The van der Waals surface area contributed by atoms with Crippen molar-refractivity contribution in [3.05, 3.63) is 80.8 Å². The highest BCUT2D eigenvalue weighted by molar-refractivity contribution is 7.16. The smallest absolute Gasteiger partial charge is 0.414 e. The van der Waals surface area contributed by atoms with Gasteiger partial charge in [-0.25, -0.2) is 18.6 Å². The van der Waals surface area contributed by atoms with Crippen molar-refractivity contribution in [2.45, 2.75) is 13.0 Å². The molecule has 0 aliphatic carbocycles. The van der Waals surface area contributed by atoms with E-state index in [2.05, 4.69) is 20.1 Å². The normalized spacial score (nSPS) is 11.2. The van der Waals surface area contributed by atoms with Crippen molar-refractivity contribution >= 4 is 57.4 Å². The van der Waals surface area contributed by atoms with Gasteiger partial charge in [0, 0.05) is 17.4 Å². The number of carbonyl (C=O) groups is 1. The number of anilines is 3. The summed E-state index contributed by atoms with van der Waals surface area (Å²) in [6, 6.07) is 10.9. The minimum absolute atomic E-state index is 0.0254. The van der Waals surface area contributed by atoms with E-state index in [9.17, 15) is 13.6 Å². The molecule has 14 heteroatoms. The molecule has 4 N–H and O–H groups in total. The van der Waals surface area contributed by atoms with E-state index in [-0.39, 0.29) is 41.8 Å². The van der Waals surface area contributed by atoms with Crippen LogP contribution in [-0.4, -0.2) is 37.9 Å². The number of nitrogens with zero attached hydrogens (tertiary/aromatic N) is 6. The van der Waals surface area contributed by atoms with Gasteiger partial charge in [-0.15, -0.1) is 11.3 Å². The summed E-state index contributed by atoms with van der Waals surface area (Å²) in [5, 5.41) is 4.48. The van der Waals surface area contributed by atoms with Gasteiger partial charge in [-0.2, -0.15) is 19.7 Å². The fraction of sp³-hybridized carbons (Fsp3) is 0.125. The van der Waals surface area contributed by atoms with Gasteiger partial charge in [0.25, 0.3) is 5.95 Å². The number of pyridine rings is 1. The largest absolute Gasteiger partial charge is 0.452 e. The van der Waals surface area contributed by atoms with Gasteiger partial charge in [-0.05, 0) is 23.8 Å². The molecule has 5 aromatic rings. The lowest BCUT2D eigenvalue weighted by Gasteiger charge is -2.23. The van der Waals surface area contributed by atoms with Crippen molar-refractivity contribution in [2.75, 3.05) is 23.5 Å². The molecule has 1 amide bonds. The molecule has 0 bridgehead atoms. The number of nitrogens with two attached hydrogens (primary N) is 2. The zero-order valence-corrected chi connectivity index (χ0v) is 21.3. The molecule has 4 aromatic heterocycles. The molecule has 0 saturated heterocycles. The lowest BCUT2D eigenvalue weighted by Crippen LogP contribution is -2.32. The number of fused-ring (bicyclic) bond motifs is 1. The Morgan fingerprint density at radius 3 is 2.55 bits per heavy atom. The summed E-state index contributed by atoms with van der Waals surface area (Å²) in [5.74, 6) is -1.43. The molecule has 0 fully saturated rings. The van der Waals surface area contributed by atoms with Crippen LogP contribution in [0.1, 0.15) is 16.1 Å². The third-order valence-electron chi connectivity index (χ3n) is 5.60. The van der Waals surface area contributed by atoms with Crippen LogP contribution in [0.5, 0.6) is 0 Å². The predicted molar refractivity (Wildman–Crippen MR) is 140 cm³/mol. The van der Waals surface area contributed by atoms with Crippen LogP contribution in [0.3, 0.4) is 0 Å². The number of hydrogen-bond acceptors (Lipinski definition) is 9. The zero-order chi connectivity index (χ0) is 27.0. The number of halogens is 3. The standard InChI is InChI=1S/C24H19ClF2N8O2S/c1-37-24(36)34(11-14-6-7-18(25)38-14)20-21(28)31-23(32-22(20)29)35-17-9-13(26)10-30-19(17)16(33-35)8-12-4-2-3-5-15(12)27/h2-7,9-10H,8,11H2,1H3,(H4,28,29,31,32). The van der Waals surface area contributed by atoms with Gasteiger partial charge in [0.2, 0.25) is 0 Å². The maximum absolute atomic E-state index is 14.3. The average Bonchev–Trinajstić information content (AvgIpc) is 3.46. The van der Waals surface area contributed by atoms with Crippen molar-refractivity contribution in [3.63, 3.8) is 0 Å². The molecule has 10 nitrogen and oxygen atoms in total. The number of hydrogen-bond donors (Lipinski definition) is 2. The number of aromatic nitrogens is 5. The molecule has 1 aromatic carbocycles. The Hall–Kier alpha value is -4.36. The summed E-state index contributed by atoms with van der Waals surface area (Å²) in [7, 11) is 1.22. The van der Waals surface area contributed by atoms with E-state index < -0.39 is 17.7 Å². The molecule has 0 saturated carbocycles. The van der Waals surface area contributed by atoms with Crippen LogP contribution in [0.4, 0.5) is 30.9 Å². The Bertz CT molecular complexity index is 1650. The summed E-state index contributed by atoms with van der Waals surface area (Å²) in [6.07, 6.45) is 0.376. The average molecular weight is 557 g/mol. The van der Waals surface area contributed by atoms with Gasteiger partial charge >= 0.3 is 6.09 Å². The van der Waals surface area contributed by atoms with Gasteiger partial charge in [0.05, 0.1) is 35.4 Å². The first-order chi connectivity index (χ1) is 18.2. The maximum Gasteiger partial charge on any atom is 0.414 e. The van der Waals surface area contributed by atoms with Crippen LogP contribution in [0.2, 0.25) is 4.34 Å². The SMILES string of the molecule is COC(=O)N(Cc1ccc(Cl)s1)c1c(N)nc(-n2nc(Cc3ccccc3F)c3ncc(F)cc32)nc1N. The first-order valence-electron chi connectivity index (χ1n) is 11.0. The Kier molecular flexibility index (Phi) is 6.78. The van der Waals surface area contributed by atoms with E-state index in [0.29, 0.717) is 21.1 Å². The van der Waals surface area contributed by atoms with E-state index in [1.165, 1.54) is 40.2 Å². The number of ether oxygens (including phenoxy) is 1. The molecule has 38 heavy (non-hydrogen) atoms. The van der Waals surface area contributed by atoms with E-state index in [4.69, 9.17) is 27.8 Å². The number of amides is 1. The van der Waals surface area contributed by atoms with Gasteiger partial charge in [-0.1, -0.05) is 29.8 Å². The zero-order valence-electron chi connectivity index (χ0n) is 19.7. The first kappa shape index (κ1) is 25.3. The number of benzene rings is 1. The van der Waals surface area contributed by atoms with Crippen LogP contribution < -0.4 is 16.4 Å². The summed E-state index contributed by atoms with van der Waals surface area (Å²) < 4.78 is 35.2. The Morgan fingerprint density at radius 1 is 1.16 bits per heavy atom. The summed E-state index contributed by atoms with van der Waals surface area (Å²) in [6.45, 7) is 0.0494. The third kappa shape index (κ3) is 4.80. The number of thiophene rings is 1. The highest BCUT2D eigenvalue weighted by Gasteiger charge is 2.26. The first-order valence-corrected chi connectivity index (χ1v) is 12.2. The van der Waals surface area contributed by atoms with Gasteiger partial charge in [0.1, 0.15) is 22.8 Å².